The first kappa shape index (κ1) is 14.6. The van der Waals surface area contributed by atoms with Crippen LogP contribution in [0.2, 0.25) is 5.02 Å². The highest BCUT2D eigenvalue weighted by molar-refractivity contribution is 6.30. The van der Waals surface area contributed by atoms with Gasteiger partial charge in [0.05, 0.1) is 5.92 Å². The van der Waals surface area contributed by atoms with Gasteiger partial charge < -0.3 is 10.5 Å². The molecule has 0 aliphatic carbocycles. The first-order valence-corrected chi connectivity index (χ1v) is 7.91. The lowest BCUT2D eigenvalue weighted by Gasteiger charge is -2.27. The Kier molecular flexibility index (Phi) is 3.41. The highest BCUT2D eigenvalue weighted by Crippen LogP contribution is 2.45. The lowest BCUT2D eigenvalue weighted by molar-refractivity contribution is 0.395. The normalized spacial score (nSPS) is 16.4. The van der Waals surface area contributed by atoms with Gasteiger partial charge in [-0.05, 0) is 34.5 Å². The Morgan fingerprint density at radius 1 is 1.00 bits per heavy atom. The van der Waals surface area contributed by atoms with Crippen LogP contribution in [0, 0.1) is 11.3 Å². The van der Waals surface area contributed by atoms with Crippen molar-refractivity contribution in [1.82, 2.24) is 0 Å². The Balaban J connectivity index is 2.05. The van der Waals surface area contributed by atoms with Gasteiger partial charge in [-0.25, -0.2) is 0 Å². The van der Waals surface area contributed by atoms with Crippen LogP contribution in [0.5, 0.6) is 5.75 Å². The second-order valence-corrected chi connectivity index (χ2v) is 6.11. The molecule has 1 aliphatic rings. The zero-order valence-corrected chi connectivity index (χ0v) is 13.4. The van der Waals surface area contributed by atoms with Gasteiger partial charge in [0.15, 0.2) is 0 Å². The maximum atomic E-state index is 9.65. The van der Waals surface area contributed by atoms with Gasteiger partial charge in [-0.2, -0.15) is 5.26 Å². The van der Waals surface area contributed by atoms with Crippen LogP contribution in [0.15, 0.2) is 72.1 Å². The summed E-state index contributed by atoms with van der Waals surface area (Å²) in [7, 11) is 0. The average Bonchev–Trinajstić information content (AvgIpc) is 2.61. The van der Waals surface area contributed by atoms with E-state index in [-0.39, 0.29) is 11.8 Å². The van der Waals surface area contributed by atoms with Crippen LogP contribution < -0.4 is 10.5 Å². The van der Waals surface area contributed by atoms with Crippen molar-refractivity contribution < 1.29 is 4.74 Å². The second kappa shape index (κ2) is 5.59. The van der Waals surface area contributed by atoms with Crippen molar-refractivity contribution in [3.05, 3.63) is 88.3 Å². The third kappa shape index (κ3) is 2.20. The zero-order valence-electron chi connectivity index (χ0n) is 12.7. The molecule has 0 fully saturated rings. The Morgan fingerprint density at radius 3 is 2.50 bits per heavy atom. The Morgan fingerprint density at radius 2 is 1.75 bits per heavy atom. The third-order valence-corrected chi connectivity index (χ3v) is 4.57. The largest absolute Gasteiger partial charge is 0.440 e. The second-order valence-electron chi connectivity index (χ2n) is 5.67. The van der Waals surface area contributed by atoms with E-state index in [4.69, 9.17) is 22.1 Å². The van der Waals surface area contributed by atoms with E-state index < -0.39 is 0 Å². The third-order valence-electron chi connectivity index (χ3n) is 4.32. The molecule has 0 bridgehead atoms. The molecule has 1 aliphatic heterocycles. The minimum absolute atomic E-state index is 0.153. The first-order chi connectivity index (χ1) is 11.7. The van der Waals surface area contributed by atoms with Gasteiger partial charge in [0.1, 0.15) is 17.4 Å². The Hall–Kier alpha value is -2.96. The van der Waals surface area contributed by atoms with Crippen molar-refractivity contribution in [2.24, 2.45) is 5.73 Å². The number of nitrogens with two attached hydrogens (primary N) is 1. The summed E-state index contributed by atoms with van der Waals surface area (Å²) in [6.07, 6.45) is 0. The summed E-state index contributed by atoms with van der Waals surface area (Å²) < 4.78 is 5.73. The van der Waals surface area contributed by atoms with Crippen LogP contribution in [0.1, 0.15) is 17.0 Å². The highest BCUT2D eigenvalue weighted by atomic mass is 35.5. The van der Waals surface area contributed by atoms with Crippen molar-refractivity contribution in [3.63, 3.8) is 0 Å². The minimum atomic E-state index is -0.276. The lowest BCUT2D eigenvalue weighted by atomic mass is 9.81. The van der Waals surface area contributed by atoms with Gasteiger partial charge in [-0.1, -0.05) is 54.1 Å². The van der Waals surface area contributed by atoms with Crippen molar-refractivity contribution >= 4 is 22.4 Å². The van der Waals surface area contributed by atoms with Crippen molar-refractivity contribution in [2.75, 3.05) is 0 Å². The number of benzene rings is 3. The number of ether oxygens (including phenoxy) is 1. The van der Waals surface area contributed by atoms with E-state index in [1.807, 2.05) is 60.7 Å². The number of allylic oxidation sites excluding steroid dienone is 1. The number of nitriles is 1. The van der Waals surface area contributed by atoms with Crippen LogP contribution in [0.25, 0.3) is 10.8 Å². The molecule has 0 amide bonds. The number of hydrogen-bond acceptors (Lipinski definition) is 3. The highest BCUT2D eigenvalue weighted by Gasteiger charge is 2.31. The van der Waals surface area contributed by atoms with E-state index in [2.05, 4.69) is 6.07 Å². The molecule has 1 atom stereocenters. The fourth-order valence-corrected chi connectivity index (χ4v) is 3.36. The summed E-state index contributed by atoms with van der Waals surface area (Å²) in [6, 6.07) is 21.7. The zero-order chi connectivity index (χ0) is 16.7. The van der Waals surface area contributed by atoms with Gasteiger partial charge in [0, 0.05) is 10.6 Å². The molecule has 0 unspecified atom stereocenters. The lowest BCUT2D eigenvalue weighted by Crippen LogP contribution is -2.21. The molecule has 4 heteroatoms. The monoisotopic (exact) mass is 332 g/mol. The van der Waals surface area contributed by atoms with Gasteiger partial charge in [-0.15, -0.1) is 0 Å². The fourth-order valence-electron chi connectivity index (χ4n) is 3.23. The summed E-state index contributed by atoms with van der Waals surface area (Å²) in [4.78, 5) is 0. The maximum Gasteiger partial charge on any atom is 0.205 e. The molecule has 0 radical (unpaired) electrons. The van der Waals surface area contributed by atoms with Crippen LogP contribution >= 0.6 is 11.6 Å². The van der Waals surface area contributed by atoms with Crippen LogP contribution in [-0.4, -0.2) is 0 Å². The predicted octanol–water partition coefficient (Wildman–Crippen LogP) is 4.71. The number of rotatable bonds is 1. The molecule has 4 rings (SSSR count). The van der Waals surface area contributed by atoms with Gasteiger partial charge in [0.2, 0.25) is 5.88 Å². The molecule has 0 saturated heterocycles. The first-order valence-electron chi connectivity index (χ1n) is 7.53. The van der Waals surface area contributed by atoms with E-state index in [1.165, 1.54) is 0 Å². The standard InChI is InChI=1S/C20H13ClN2O/c21-14-8-5-13(6-9-14)18-16(11-22)20(23)24-17-10-7-12-3-1-2-4-15(12)19(17)18/h1-10,18H,23H2/t18-/m1/s1. The van der Waals surface area contributed by atoms with E-state index in [0.717, 1.165) is 21.9 Å². The fraction of sp³-hybridized carbons (Fsp3) is 0.0500. The van der Waals surface area contributed by atoms with Crippen molar-refractivity contribution in [3.8, 4) is 11.8 Å². The molecule has 24 heavy (non-hydrogen) atoms. The van der Waals surface area contributed by atoms with E-state index >= 15 is 0 Å². The molecule has 0 aromatic heterocycles. The summed E-state index contributed by atoms with van der Waals surface area (Å²) in [5, 5.41) is 12.4. The average molecular weight is 333 g/mol. The predicted molar refractivity (Wildman–Crippen MR) is 94.7 cm³/mol. The van der Waals surface area contributed by atoms with E-state index in [9.17, 15) is 5.26 Å². The SMILES string of the molecule is N#CC1=C(N)Oc2ccc3ccccc3c2[C@@H]1c1ccc(Cl)cc1. The molecule has 0 spiro atoms. The van der Waals surface area contributed by atoms with Gasteiger partial charge in [0.25, 0.3) is 0 Å². The molecule has 1 heterocycles. The van der Waals surface area contributed by atoms with Crippen molar-refractivity contribution in [2.45, 2.75) is 5.92 Å². The topological polar surface area (TPSA) is 59.0 Å². The van der Waals surface area contributed by atoms with Crippen LogP contribution in [-0.2, 0) is 0 Å². The number of fused-ring (bicyclic) bond motifs is 3. The molecule has 116 valence electrons. The molecule has 2 N–H and O–H groups in total. The van der Waals surface area contributed by atoms with E-state index in [0.29, 0.717) is 16.3 Å². The number of halogens is 1. The number of hydrogen-bond donors (Lipinski definition) is 1. The number of nitrogens with zero attached hydrogens (tertiary/aromatic N) is 1. The molecular formula is C20H13ClN2O. The molecule has 0 saturated carbocycles. The Bertz CT molecular complexity index is 1020. The van der Waals surface area contributed by atoms with Crippen LogP contribution in [0.3, 0.4) is 0 Å². The maximum absolute atomic E-state index is 9.65. The Labute approximate surface area is 144 Å². The van der Waals surface area contributed by atoms with Gasteiger partial charge >= 0.3 is 0 Å². The van der Waals surface area contributed by atoms with E-state index in [1.54, 1.807) is 0 Å². The quantitative estimate of drug-likeness (QED) is 0.702. The molecule has 3 nitrogen and oxygen atoms in total. The summed E-state index contributed by atoms with van der Waals surface area (Å²) >= 11 is 6.02. The molecular weight excluding hydrogens is 320 g/mol. The summed E-state index contributed by atoms with van der Waals surface area (Å²) in [5.74, 6) is 0.562. The molecule has 3 aromatic carbocycles. The molecule has 3 aromatic rings. The smallest absolute Gasteiger partial charge is 0.205 e. The van der Waals surface area contributed by atoms with Crippen molar-refractivity contribution in [1.29, 1.82) is 5.26 Å². The minimum Gasteiger partial charge on any atom is -0.440 e. The van der Waals surface area contributed by atoms with Gasteiger partial charge in [-0.3, -0.25) is 0 Å². The summed E-state index contributed by atoms with van der Waals surface area (Å²) in [5.41, 5.74) is 8.35. The van der Waals surface area contributed by atoms with Crippen LogP contribution in [0.4, 0.5) is 0 Å². The summed E-state index contributed by atoms with van der Waals surface area (Å²) in [6.45, 7) is 0.